The number of hydrogen-bond donors (Lipinski definition) is 3. The van der Waals surface area contributed by atoms with E-state index in [-0.39, 0.29) is 11.5 Å². The Bertz CT molecular complexity index is 776. The van der Waals surface area contributed by atoms with Crippen LogP contribution in [0.5, 0.6) is 0 Å². The normalized spacial score (nSPS) is 12.8. The van der Waals surface area contributed by atoms with Gasteiger partial charge in [-0.2, -0.15) is 5.26 Å². The Kier molecular flexibility index (Phi) is 5.29. The van der Waals surface area contributed by atoms with Gasteiger partial charge in [-0.15, -0.1) is 0 Å². The van der Waals surface area contributed by atoms with Crippen LogP contribution in [0.15, 0.2) is 35.0 Å². The lowest BCUT2D eigenvalue weighted by atomic mass is 9.97. The number of aliphatic hydroxyl groups is 1. The molecule has 0 bridgehead atoms. The summed E-state index contributed by atoms with van der Waals surface area (Å²) in [6.45, 7) is 1.58. The van der Waals surface area contributed by atoms with E-state index in [0.717, 1.165) is 0 Å². The molecule has 0 spiro atoms. The molecular weight excluding hydrogens is 312 g/mol. The van der Waals surface area contributed by atoms with Crippen molar-refractivity contribution in [1.29, 1.82) is 5.26 Å². The molecule has 0 aliphatic rings. The van der Waals surface area contributed by atoms with Crippen molar-refractivity contribution in [1.82, 2.24) is 10.5 Å². The number of rotatable bonds is 5. The molecule has 2 amide bonds. The van der Waals surface area contributed by atoms with E-state index in [2.05, 4.69) is 15.8 Å². The van der Waals surface area contributed by atoms with E-state index >= 15 is 0 Å². The predicted molar refractivity (Wildman–Crippen MR) is 83.8 cm³/mol. The lowest BCUT2D eigenvalue weighted by molar-refractivity contribution is -0.121. The van der Waals surface area contributed by atoms with Crippen LogP contribution in [0.2, 0.25) is 0 Å². The van der Waals surface area contributed by atoms with Crippen LogP contribution in [-0.4, -0.2) is 29.1 Å². The Morgan fingerprint density at radius 2 is 2.00 bits per heavy atom. The maximum absolute atomic E-state index is 12.2. The van der Waals surface area contributed by atoms with Gasteiger partial charge < -0.3 is 20.3 Å². The van der Waals surface area contributed by atoms with E-state index in [9.17, 15) is 20.0 Å². The lowest BCUT2D eigenvalue weighted by Crippen LogP contribution is -2.27. The first kappa shape index (κ1) is 17.2. The second kappa shape index (κ2) is 7.39. The summed E-state index contributed by atoms with van der Waals surface area (Å²) in [5, 5.41) is 28.0. The minimum absolute atomic E-state index is 0.249. The zero-order valence-corrected chi connectivity index (χ0v) is 13.1. The van der Waals surface area contributed by atoms with Crippen LogP contribution in [0.1, 0.15) is 27.8 Å². The standard InChI is InChI=1S/C16H16N4O4/c1-9-13(8-19-24-9)14(21)12(7-17)16(23)20-11-5-3-10(4-6-11)15(22)18-2/h3-6,8,12,14,21H,1-2H3,(H,18,22)(H,20,23). The maximum atomic E-state index is 12.2. The average molecular weight is 328 g/mol. The van der Waals surface area contributed by atoms with Crippen molar-refractivity contribution in [2.24, 2.45) is 5.92 Å². The number of aromatic nitrogens is 1. The molecule has 0 aliphatic carbocycles. The van der Waals surface area contributed by atoms with E-state index in [0.29, 0.717) is 17.0 Å². The quantitative estimate of drug-likeness (QED) is 0.755. The van der Waals surface area contributed by atoms with Gasteiger partial charge in [-0.3, -0.25) is 9.59 Å². The number of aryl methyl sites for hydroxylation is 1. The number of hydrogen-bond acceptors (Lipinski definition) is 6. The lowest BCUT2D eigenvalue weighted by Gasteiger charge is -2.15. The summed E-state index contributed by atoms with van der Waals surface area (Å²) in [5.74, 6) is -1.91. The van der Waals surface area contributed by atoms with E-state index in [4.69, 9.17) is 4.52 Å². The fraction of sp³-hybridized carbons (Fsp3) is 0.250. The molecule has 2 aromatic rings. The molecule has 2 rings (SSSR count). The highest BCUT2D eigenvalue weighted by atomic mass is 16.5. The third-order valence-electron chi connectivity index (χ3n) is 3.49. The Balaban J connectivity index is 2.11. The number of anilines is 1. The monoisotopic (exact) mass is 328 g/mol. The minimum Gasteiger partial charge on any atom is -0.386 e. The second-order valence-corrected chi connectivity index (χ2v) is 5.03. The van der Waals surface area contributed by atoms with Crippen LogP contribution in [-0.2, 0) is 4.79 Å². The van der Waals surface area contributed by atoms with Crippen LogP contribution < -0.4 is 10.6 Å². The zero-order valence-electron chi connectivity index (χ0n) is 13.1. The van der Waals surface area contributed by atoms with E-state index in [1.54, 1.807) is 13.0 Å². The molecule has 8 nitrogen and oxygen atoms in total. The molecule has 1 heterocycles. The Morgan fingerprint density at radius 1 is 1.33 bits per heavy atom. The third-order valence-corrected chi connectivity index (χ3v) is 3.49. The van der Waals surface area contributed by atoms with Crippen LogP contribution >= 0.6 is 0 Å². The number of carbonyl (C=O) groups is 2. The molecule has 3 N–H and O–H groups in total. The average Bonchev–Trinajstić information content (AvgIpc) is 3.01. The van der Waals surface area contributed by atoms with Gasteiger partial charge in [-0.25, -0.2) is 0 Å². The summed E-state index contributed by atoms with van der Waals surface area (Å²) < 4.78 is 4.84. The van der Waals surface area contributed by atoms with Gasteiger partial charge >= 0.3 is 0 Å². The van der Waals surface area contributed by atoms with Crippen molar-refractivity contribution in [3.63, 3.8) is 0 Å². The van der Waals surface area contributed by atoms with Crippen LogP contribution in [0.4, 0.5) is 5.69 Å². The SMILES string of the molecule is CNC(=O)c1ccc(NC(=O)C(C#N)C(O)c2cnoc2C)cc1. The number of aliphatic hydroxyl groups excluding tert-OH is 1. The van der Waals surface area contributed by atoms with Gasteiger partial charge in [0.05, 0.1) is 12.3 Å². The summed E-state index contributed by atoms with van der Waals surface area (Å²) in [5.41, 5.74) is 1.13. The molecule has 0 saturated heterocycles. The zero-order chi connectivity index (χ0) is 17.7. The van der Waals surface area contributed by atoms with Gasteiger partial charge in [0.1, 0.15) is 11.9 Å². The molecule has 0 radical (unpaired) electrons. The highest BCUT2D eigenvalue weighted by Gasteiger charge is 2.30. The third kappa shape index (κ3) is 3.59. The molecule has 2 unspecified atom stereocenters. The largest absolute Gasteiger partial charge is 0.386 e. The summed E-state index contributed by atoms with van der Waals surface area (Å²) in [4.78, 5) is 23.7. The Labute approximate surface area is 138 Å². The number of nitrogens with one attached hydrogen (secondary N) is 2. The van der Waals surface area contributed by atoms with E-state index in [1.807, 2.05) is 0 Å². The fourth-order valence-corrected chi connectivity index (χ4v) is 2.11. The number of carbonyl (C=O) groups excluding carboxylic acids is 2. The molecule has 24 heavy (non-hydrogen) atoms. The topological polar surface area (TPSA) is 128 Å². The fourth-order valence-electron chi connectivity index (χ4n) is 2.11. The number of nitrogens with zero attached hydrogens (tertiary/aromatic N) is 2. The van der Waals surface area contributed by atoms with Crippen LogP contribution in [0, 0.1) is 24.2 Å². The molecule has 0 fully saturated rings. The first-order chi connectivity index (χ1) is 11.5. The second-order valence-electron chi connectivity index (χ2n) is 5.03. The van der Waals surface area contributed by atoms with Crippen molar-refractivity contribution in [2.75, 3.05) is 12.4 Å². The summed E-state index contributed by atoms with van der Waals surface area (Å²) in [6.07, 6.45) is -0.0816. The van der Waals surface area contributed by atoms with Gasteiger partial charge in [0.25, 0.3) is 5.91 Å². The number of benzene rings is 1. The van der Waals surface area contributed by atoms with E-state index < -0.39 is 17.9 Å². The van der Waals surface area contributed by atoms with Gasteiger partial charge in [-0.05, 0) is 31.2 Å². The highest BCUT2D eigenvalue weighted by molar-refractivity contribution is 5.97. The van der Waals surface area contributed by atoms with Crippen LogP contribution in [0.3, 0.4) is 0 Å². The molecule has 0 saturated carbocycles. The molecule has 2 atom stereocenters. The van der Waals surface area contributed by atoms with Crippen LogP contribution in [0.25, 0.3) is 0 Å². The molecule has 1 aromatic heterocycles. The van der Waals surface area contributed by atoms with Gasteiger partial charge in [-0.1, -0.05) is 5.16 Å². The molecular formula is C16H16N4O4. The summed E-state index contributed by atoms with van der Waals surface area (Å²) >= 11 is 0. The first-order valence-electron chi connectivity index (χ1n) is 7.09. The summed E-state index contributed by atoms with van der Waals surface area (Å²) in [7, 11) is 1.52. The van der Waals surface area contributed by atoms with Gasteiger partial charge in [0.2, 0.25) is 5.91 Å². The molecule has 0 aliphatic heterocycles. The van der Waals surface area contributed by atoms with Crippen molar-refractivity contribution in [2.45, 2.75) is 13.0 Å². The Morgan fingerprint density at radius 3 is 2.50 bits per heavy atom. The predicted octanol–water partition coefficient (Wildman–Crippen LogP) is 1.15. The Hall–Kier alpha value is -3.18. The molecule has 124 valence electrons. The summed E-state index contributed by atoms with van der Waals surface area (Å²) in [6, 6.07) is 7.93. The molecule has 1 aromatic carbocycles. The minimum atomic E-state index is -1.36. The van der Waals surface area contributed by atoms with Gasteiger partial charge in [0, 0.05) is 23.9 Å². The first-order valence-corrected chi connectivity index (χ1v) is 7.09. The van der Waals surface area contributed by atoms with E-state index in [1.165, 1.54) is 37.5 Å². The van der Waals surface area contributed by atoms with Crippen molar-refractivity contribution in [3.8, 4) is 6.07 Å². The maximum Gasteiger partial charge on any atom is 0.251 e. The van der Waals surface area contributed by atoms with Gasteiger partial charge in [0.15, 0.2) is 5.92 Å². The number of amides is 2. The number of nitriles is 1. The smallest absolute Gasteiger partial charge is 0.251 e. The molecule has 8 heteroatoms. The van der Waals surface area contributed by atoms with Crippen molar-refractivity contribution < 1.29 is 19.2 Å². The highest BCUT2D eigenvalue weighted by Crippen LogP contribution is 2.25. The van der Waals surface area contributed by atoms with Crippen molar-refractivity contribution in [3.05, 3.63) is 47.3 Å². The van der Waals surface area contributed by atoms with Crippen molar-refractivity contribution >= 4 is 17.5 Å².